The number of rotatable bonds is 5. The van der Waals surface area contributed by atoms with E-state index >= 15 is 0 Å². The van der Waals surface area contributed by atoms with Crippen molar-refractivity contribution in [3.8, 4) is 17.2 Å². The number of hydrogen-bond donors (Lipinski definition) is 1. The van der Waals surface area contributed by atoms with Crippen LogP contribution in [0.5, 0.6) is 17.2 Å². The molecule has 0 bridgehead atoms. The van der Waals surface area contributed by atoms with Gasteiger partial charge in [0.15, 0.2) is 11.5 Å². The Morgan fingerprint density at radius 2 is 1.75 bits per heavy atom. The molecule has 0 radical (unpaired) electrons. The largest absolute Gasteiger partial charge is 0.497 e. The molecule has 0 aromatic heterocycles. The standard InChI is InChI=1S/C22H18ClNO4/c1-26-17-9-7-15(8-10-17)20(14-5-3-2-4-6-14)24-22(25)16-11-18(23)21-19(12-16)27-13-28-21/h2-12,20H,13H2,1H3,(H,24,25). The maximum Gasteiger partial charge on any atom is 0.252 e. The lowest BCUT2D eigenvalue weighted by molar-refractivity contribution is 0.0942. The predicted molar refractivity (Wildman–Crippen MR) is 106 cm³/mol. The number of methoxy groups -OCH3 is 1. The molecule has 0 fully saturated rings. The Morgan fingerprint density at radius 1 is 1.04 bits per heavy atom. The number of benzene rings is 3. The second kappa shape index (κ2) is 7.82. The molecule has 3 aromatic rings. The third-order valence-corrected chi connectivity index (χ3v) is 4.83. The summed E-state index contributed by atoms with van der Waals surface area (Å²) in [7, 11) is 1.62. The monoisotopic (exact) mass is 395 g/mol. The maximum absolute atomic E-state index is 13.0. The van der Waals surface area contributed by atoms with Crippen molar-refractivity contribution in [1.82, 2.24) is 5.32 Å². The fourth-order valence-electron chi connectivity index (χ4n) is 3.11. The van der Waals surface area contributed by atoms with Crippen molar-refractivity contribution in [2.75, 3.05) is 13.9 Å². The minimum absolute atomic E-state index is 0.0958. The number of fused-ring (bicyclic) bond motifs is 1. The highest BCUT2D eigenvalue weighted by Gasteiger charge is 2.23. The third-order valence-electron chi connectivity index (χ3n) is 4.55. The van der Waals surface area contributed by atoms with Crippen LogP contribution in [-0.4, -0.2) is 19.8 Å². The summed E-state index contributed by atoms with van der Waals surface area (Å²) in [5.41, 5.74) is 2.31. The first-order valence-corrected chi connectivity index (χ1v) is 9.12. The van der Waals surface area contributed by atoms with E-state index in [0.29, 0.717) is 22.1 Å². The van der Waals surface area contributed by atoms with E-state index in [9.17, 15) is 4.79 Å². The van der Waals surface area contributed by atoms with Crippen LogP contribution in [0.1, 0.15) is 27.5 Å². The number of carbonyl (C=O) groups excluding carboxylic acids is 1. The first kappa shape index (κ1) is 18.2. The van der Waals surface area contributed by atoms with Gasteiger partial charge in [0.1, 0.15) is 5.75 Å². The van der Waals surface area contributed by atoms with Gasteiger partial charge in [0.05, 0.1) is 18.2 Å². The molecule has 1 amide bonds. The molecule has 0 saturated heterocycles. The molecule has 5 nitrogen and oxygen atoms in total. The van der Waals surface area contributed by atoms with Gasteiger partial charge in [0.2, 0.25) is 6.79 Å². The average molecular weight is 396 g/mol. The Hall–Kier alpha value is -3.18. The quantitative estimate of drug-likeness (QED) is 0.686. The van der Waals surface area contributed by atoms with Gasteiger partial charge in [-0.15, -0.1) is 0 Å². The highest BCUT2D eigenvalue weighted by Crippen LogP contribution is 2.40. The smallest absolute Gasteiger partial charge is 0.252 e. The third kappa shape index (κ3) is 3.62. The minimum atomic E-state index is -0.330. The first-order valence-electron chi connectivity index (χ1n) is 8.74. The molecule has 0 aliphatic carbocycles. The van der Waals surface area contributed by atoms with E-state index in [1.807, 2.05) is 54.6 Å². The molecule has 4 rings (SSSR count). The van der Waals surface area contributed by atoms with Gasteiger partial charge in [-0.3, -0.25) is 4.79 Å². The fourth-order valence-corrected chi connectivity index (χ4v) is 3.38. The lowest BCUT2D eigenvalue weighted by Crippen LogP contribution is -2.29. The van der Waals surface area contributed by atoms with E-state index in [0.717, 1.165) is 16.9 Å². The van der Waals surface area contributed by atoms with Gasteiger partial charge < -0.3 is 19.5 Å². The molecular formula is C22H18ClNO4. The summed E-state index contributed by atoms with van der Waals surface area (Å²) < 4.78 is 15.9. The maximum atomic E-state index is 13.0. The fraction of sp³-hybridized carbons (Fsp3) is 0.136. The van der Waals surface area contributed by atoms with Gasteiger partial charge in [-0.25, -0.2) is 0 Å². The van der Waals surface area contributed by atoms with Crippen molar-refractivity contribution >= 4 is 17.5 Å². The zero-order valence-electron chi connectivity index (χ0n) is 15.1. The van der Waals surface area contributed by atoms with Crippen LogP contribution in [0.15, 0.2) is 66.7 Å². The van der Waals surface area contributed by atoms with Gasteiger partial charge >= 0.3 is 0 Å². The van der Waals surface area contributed by atoms with Crippen molar-refractivity contribution in [3.05, 3.63) is 88.4 Å². The van der Waals surface area contributed by atoms with E-state index in [2.05, 4.69) is 5.32 Å². The molecule has 1 N–H and O–H groups in total. The molecule has 1 aliphatic heterocycles. The Morgan fingerprint density at radius 3 is 2.46 bits per heavy atom. The minimum Gasteiger partial charge on any atom is -0.497 e. The molecule has 1 aliphatic rings. The van der Waals surface area contributed by atoms with Crippen LogP contribution in [0.2, 0.25) is 5.02 Å². The number of amides is 1. The van der Waals surface area contributed by atoms with Crippen LogP contribution in [0.3, 0.4) is 0 Å². The Bertz CT molecular complexity index is 989. The number of hydrogen-bond acceptors (Lipinski definition) is 4. The molecule has 1 heterocycles. The predicted octanol–water partition coefficient (Wildman–Crippen LogP) is 4.60. The molecule has 1 unspecified atom stereocenters. The molecule has 0 saturated carbocycles. The van der Waals surface area contributed by atoms with Crippen molar-refractivity contribution in [2.24, 2.45) is 0 Å². The molecule has 28 heavy (non-hydrogen) atoms. The van der Waals surface area contributed by atoms with E-state index in [4.69, 9.17) is 25.8 Å². The second-order valence-electron chi connectivity index (χ2n) is 6.28. The van der Waals surface area contributed by atoms with Crippen molar-refractivity contribution in [3.63, 3.8) is 0 Å². The lowest BCUT2D eigenvalue weighted by Gasteiger charge is -2.20. The summed E-state index contributed by atoms with van der Waals surface area (Å²) in [5, 5.41) is 3.44. The van der Waals surface area contributed by atoms with E-state index in [1.54, 1.807) is 19.2 Å². The van der Waals surface area contributed by atoms with E-state index < -0.39 is 0 Å². The van der Waals surface area contributed by atoms with Gasteiger partial charge in [-0.1, -0.05) is 54.1 Å². The van der Waals surface area contributed by atoms with E-state index in [-0.39, 0.29) is 18.7 Å². The zero-order valence-corrected chi connectivity index (χ0v) is 15.9. The van der Waals surface area contributed by atoms with Gasteiger partial charge in [0, 0.05) is 5.56 Å². The highest BCUT2D eigenvalue weighted by atomic mass is 35.5. The van der Waals surface area contributed by atoms with Crippen molar-refractivity contribution in [1.29, 1.82) is 0 Å². The number of carbonyl (C=O) groups is 1. The Balaban J connectivity index is 1.65. The Kier molecular flexibility index (Phi) is 5.08. The number of nitrogens with one attached hydrogen (secondary N) is 1. The summed E-state index contributed by atoms with van der Waals surface area (Å²) in [6.45, 7) is 0.0958. The molecule has 1 atom stereocenters. The molecular weight excluding hydrogens is 378 g/mol. The van der Waals surface area contributed by atoms with Crippen LogP contribution < -0.4 is 19.5 Å². The molecule has 142 valence electrons. The molecule has 3 aromatic carbocycles. The van der Waals surface area contributed by atoms with Crippen molar-refractivity contribution in [2.45, 2.75) is 6.04 Å². The van der Waals surface area contributed by atoms with Gasteiger partial charge in [-0.05, 0) is 35.4 Å². The Labute approximate surface area is 167 Å². The summed E-state index contributed by atoms with van der Waals surface area (Å²) in [5.74, 6) is 1.43. The van der Waals surface area contributed by atoms with Crippen molar-refractivity contribution < 1.29 is 19.0 Å². The normalized spacial score (nSPS) is 13.1. The summed E-state index contributed by atoms with van der Waals surface area (Å²) in [6, 6.07) is 20.3. The van der Waals surface area contributed by atoms with Crippen LogP contribution in [-0.2, 0) is 0 Å². The van der Waals surface area contributed by atoms with Gasteiger partial charge in [-0.2, -0.15) is 0 Å². The van der Waals surface area contributed by atoms with Crippen LogP contribution in [0.25, 0.3) is 0 Å². The summed E-state index contributed by atoms with van der Waals surface area (Å²) >= 11 is 6.22. The number of ether oxygens (including phenoxy) is 3. The van der Waals surface area contributed by atoms with Crippen LogP contribution in [0.4, 0.5) is 0 Å². The molecule has 0 spiro atoms. The zero-order chi connectivity index (χ0) is 19.5. The average Bonchev–Trinajstić information content (AvgIpc) is 3.22. The summed E-state index contributed by atoms with van der Waals surface area (Å²) in [4.78, 5) is 13.0. The topological polar surface area (TPSA) is 56.8 Å². The first-order chi connectivity index (χ1) is 13.7. The second-order valence-corrected chi connectivity index (χ2v) is 6.69. The van der Waals surface area contributed by atoms with Crippen LogP contribution >= 0.6 is 11.6 Å². The lowest BCUT2D eigenvalue weighted by atomic mass is 9.98. The number of halogens is 1. The van der Waals surface area contributed by atoms with Crippen LogP contribution in [0, 0.1) is 0 Å². The molecule has 6 heteroatoms. The van der Waals surface area contributed by atoms with E-state index in [1.165, 1.54) is 0 Å². The summed E-state index contributed by atoms with van der Waals surface area (Å²) in [6.07, 6.45) is 0. The highest BCUT2D eigenvalue weighted by molar-refractivity contribution is 6.32. The SMILES string of the molecule is COc1ccc(C(NC(=O)c2cc(Cl)c3c(c2)OCO3)c2ccccc2)cc1. The van der Waals surface area contributed by atoms with Gasteiger partial charge in [0.25, 0.3) is 5.91 Å².